The van der Waals surface area contributed by atoms with Crippen LogP contribution in [0.1, 0.15) is 197 Å². The van der Waals surface area contributed by atoms with Crippen molar-refractivity contribution in [3.63, 3.8) is 0 Å². The molecule has 6 amide bonds. The van der Waals surface area contributed by atoms with Crippen LogP contribution in [-0.2, 0) is 62.0 Å². The number of amides is 6. The van der Waals surface area contributed by atoms with Crippen molar-refractivity contribution in [2.75, 3.05) is 66.7 Å². The number of aromatic nitrogens is 2. The summed E-state index contributed by atoms with van der Waals surface area (Å²) in [6.45, 7) is 10.8. The number of benzene rings is 2. The highest BCUT2D eigenvalue weighted by molar-refractivity contribution is 6.61. The van der Waals surface area contributed by atoms with Gasteiger partial charge in [-0.05, 0) is 162 Å². The summed E-state index contributed by atoms with van der Waals surface area (Å²) in [5.74, 6) is -5.63. The van der Waals surface area contributed by atoms with Crippen LogP contribution in [0.25, 0.3) is 21.8 Å². The summed E-state index contributed by atoms with van der Waals surface area (Å²) in [7, 11) is 3.11. The number of halogens is 1. The van der Waals surface area contributed by atoms with E-state index in [0.717, 1.165) is 114 Å². The van der Waals surface area contributed by atoms with Crippen LogP contribution in [0, 0.1) is 47.3 Å². The molecule has 0 unspecified atom stereocenters. The fourth-order valence-corrected chi connectivity index (χ4v) is 18.3. The molecule has 26 nitrogen and oxygen atoms in total. The quantitative estimate of drug-likeness (QED) is 0.0513. The fourth-order valence-electron chi connectivity index (χ4n) is 18.2. The lowest BCUT2D eigenvalue weighted by atomic mass is 9.92. The highest BCUT2D eigenvalue weighted by atomic mass is 35.5. The molecule has 2 N–H and O–H groups in total. The first kappa shape index (κ1) is 82.3. The van der Waals surface area contributed by atoms with Gasteiger partial charge in [0.1, 0.15) is 63.9 Å². The highest BCUT2D eigenvalue weighted by Crippen LogP contribution is 2.50. The molecule has 112 heavy (non-hydrogen) atoms. The van der Waals surface area contributed by atoms with Gasteiger partial charge in [-0.3, -0.25) is 38.4 Å². The summed E-state index contributed by atoms with van der Waals surface area (Å²) in [6.07, 6.45) is 24.5. The SMILES string of the molecule is CCOC(=O)[C@@]12C[C@H]1/C=C\CCCCC[C@H](CC(=O)OC(C)(C)C)C(=O)N1C[C@@H]3CN(C(=O)c4cc(OC)c5ccccc5n4)C[C@@H]3[C@H]1C(=O)N2.CCOC(=O)[C@@]12C[C@H]1/C=C\CCCCC[C@H](CC(=O)OC1CCCC1)C(=O)N1C[C@@H]3CN(C(=O)c4cc(OC)c5ccccc5n4)C[C@@H]3[C@H]1C(=O)N2.O=C(Cl)OC1CCCC1. The first-order chi connectivity index (χ1) is 53.8. The predicted molar refractivity (Wildman–Crippen MR) is 414 cm³/mol. The molecule has 0 radical (unpaired) electrons. The number of hydrogen-bond donors (Lipinski definition) is 2. The van der Waals surface area contributed by atoms with Crippen LogP contribution < -0.4 is 20.1 Å². The molecule has 2 aromatic heterocycles. The summed E-state index contributed by atoms with van der Waals surface area (Å²) in [6, 6.07) is 16.3. The van der Waals surface area contributed by atoms with Gasteiger partial charge in [-0.2, -0.15) is 0 Å². The average Bonchev–Trinajstić information content (AvgIpc) is 1.57. The Morgan fingerprint density at radius 3 is 1.35 bits per heavy atom. The molecular weight excluding hydrogens is 1460 g/mol. The normalized spacial score (nSPS) is 28.6. The zero-order chi connectivity index (χ0) is 79.6. The number of methoxy groups -OCH3 is 2. The molecule has 0 bridgehead atoms. The van der Waals surface area contributed by atoms with E-state index in [0.29, 0.717) is 61.3 Å². The first-order valence-corrected chi connectivity index (χ1v) is 40.9. The van der Waals surface area contributed by atoms with Crippen molar-refractivity contribution in [1.82, 2.24) is 40.2 Å². The molecule has 604 valence electrons. The topological polar surface area (TPSA) is 315 Å². The van der Waals surface area contributed by atoms with Gasteiger partial charge in [0.05, 0.1) is 51.3 Å². The molecular formula is C85H109ClN8O18. The molecule has 2 aromatic carbocycles. The van der Waals surface area contributed by atoms with Gasteiger partial charge in [-0.25, -0.2) is 24.4 Å². The summed E-state index contributed by atoms with van der Waals surface area (Å²) in [4.78, 5) is 165. The molecule has 8 heterocycles. The Labute approximate surface area is 659 Å². The molecule has 14 rings (SSSR count). The van der Waals surface area contributed by atoms with Gasteiger partial charge < -0.3 is 63.4 Å². The number of likely N-dealkylation sites (tertiary alicyclic amines) is 2. The van der Waals surface area contributed by atoms with Gasteiger partial charge >= 0.3 is 29.3 Å². The largest absolute Gasteiger partial charge is 0.496 e. The molecule has 4 saturated carbocycles. The van der Waals surface area contributed by atoms with Crippen LogP contribution in [-0.4, -0.2) is 202 Å². The minimum absolute atomic E-state index is 0.0374. The van der Waals surface area contributed by atoms with Crippen LogP contribution >= 0.6 is 11.6 Å². The lowest BCUT2D eigenvalue weighted by Crippen LogP contribution is -2.56. The van der Waals surface area contributed by atoms with Gasteiger partial charge in [0, 0.05) is 121 Å². The maximum atomic E-state index is 14.6. The lowest BCUT2D eigenvalue weighted by Gasteiger charge is -2.32. The Morgan fingerprint density at radius 1 is 0.527 bits per heavy atom. The number of esters is 4. The number of para-hydroxylation sites is 2. The second-order valence-corrected chi connectivity index (χ2v) is 33.1. The van der Waals surface area contributed by atoms with Gasteiger partial charge in [-0.1, -0.05) is 74.3 Å². The van der Waals surface area contributed by atoms with Crippen molar-refractivity contribution in [3.05, 3.63) is 96.4 Å². The Morgan fingerprint density at radius 2 is 0.938 bits per heavy atom. The van der Waals surface area contributed by atoms with E-state index < -0.39 is 81.7 Å². The number of hydrogen-bond acceptors (Lipinski definition) is 20. The van der Waals surface area contributed by atoms with E-state index in [2.05, 4.69) is 32.8 Å². The number of nitrogens with one attached hydrogen (secondary N) is 2. The van der Waals surface area contributed by atoms with Crippen LogP contribution in [0.15, 0.2) is 85.0 Å². The number of ether oxygens (including phenoxy) is 7. The third kappa shape index (κ3) is 19.0. The Bertz CT molecular complexity index is 4230. The Balaban J connectivity index is 0.000000187. The van der Waals surface area contributed by atoms with Gasteiger partial charge in [0.2, 0.25) is 23.6 Å². The maximum Gasteiger partial charge on any atom is 0.404 e. The summed E-state index contributed by atoms with van der Waals surface area (Å²) >= 11 is 5.00. The van der Waals surface area contributed by atoms with E-state index in [-0.39, 0.29) is 135 Å². The standard InChI is InChI=1S/C40H50N4O8.C39H50N4O8.C6H9ClO2/c1-3-51-39(49)40-21-27(40)14-8-6-4-5-7-13-25(19-34(45)52-28-15-9-10-16-28)37(47)44-23-26-22-43(24-30(26)35(44)36(46)42-40)38(48)32-20-33(50-2)29-17-11-12-18-31(29)41-32;1-6-50-37(48)39-20-26(39)15-11-9-7-8-10-14-24(18-32(44)51-38(2,3)4)35(46)43-22-25-21-42(23-28(25)33(43)34(45)41-39)36(47)30-19-31(49-5)27-16-12-13-17-29(27)40-30;7-6(8)9-5-3-1-2-4-5/h8,11-12,14,17-18,20,25-28,30,35H,3-7,9-10,13,15-16,19,21-24H2,1-2H3,(H,42,46);11-13,15-17,19,24-26,28,33H,6-10,14,18,20-23H2,1-5H3,(H,41,45);5H,1-4H2/b14-8-;15-11-;/t25-,26+,27-,30+,35+,40-;24-,25+,26-,28+,33+,39-;/m11./s1. The number of carbonyl (C=O) groups is 11. The third-order valence-electron chi connectivity index (χ3n) is 23.9. The van der Waals surface area contributed by atoms with Crippen LogP contribution in [0.5, 0.6) is 11.5 Å². The van der Waals surface area contributed by atoms with Crippen molar-refractivity contribution in [1.29, 1.82) is 0 Å². The number of nitrogens with zero attached hydrogens (tertiary/aromatic N) is 6. The van der Waals surface area contributed by atoms with Crippen molar-refractivity contribution >= 4 is 98.2 Å². The summed E-state index contributed by atoms with van der Waals surface area (Å²) in [5, 5.41) is 7.69. The molecule has 4 aliphatic carbocycles. The molecule has 6 aliphatic heterocycles. The minimum atomic E-state index is -1.22. The Kier molecular flexibility index (Phi) is 26.7. The van der Waals surface area contributed by atoms with E-state index >= 15 is 0 Å². The van der Waals surface area contributed by atoms with Crippen LogP contribution in [0.3, 0.4) is 0 Å². The van der Waals surface area contributed by atoms with Crippen molar-refractivity contribution in [3.8, 4) is 11.5 Å². The van der Waals surface area contributed by atoms with E-state index in [4.69, 9.17) is 44.8 Å². The molecule has 4 aromatic rings. The lowest BCUT2D eigenvalue weighted by molar-refractivity contribution is -0.159. The van der Waals surface area contributed by atoms with Crippen LogP contribution in [0.2, 0.25) is 0 Å². The predicted octanol–water partition coefficient (Wildman–Crippen LogP) is 11.3. The maximum absolute atomic E-state index is 14.6. The van der Waals surface area contributed by atoms with E-state index in [1.165, 1.54) is 0 Å². The zero-order valence-corrected chi connectivity index (χ0v) is 66.4. The Hall–Kier alpha value is -9.20. The fraction of sp³-hybridized carbons (Fsp3) is 0.612. The second kappa shape index (κ2) is 36.3. The first-order valence-electron chi connectivity index (χ1n) is 40.5. The number of allylic oxidation sites excluding steroid dienone is 2. The molecule has 0 spiro atoms. The number of pyridine rings is 2. The van der Waals surface area contributed by atoms with Gasteiger partial charge in [-0.15, -0.1) is 0 Å². The number of carbonyl (C=O) groups excluding carboxylic acids is 11. The van der Waals surface area contributed by atoms with Crippen molar-refractivity contribution in [2.45, 2.75) is 217 Å². The zero-order valence-electron chi connectivity index (χ0n) is 65.6. The second-order valence-electron chi connectivity index (χ2n) is 32.8. The molecule has 12 atom stereocenters. The monoisotopic (exact) mass is 1560 g/mol. The van der Waals surface area contributed by atoms with Crippen molar-refractivity contribution < 1.29 is 85.9 Å². The minimum Gasteiger partial charge on any atom is -0.496 e. The molecule has 10 aliphatic rings. The summed E-state index contributed by atoms with van der Waals surface area (Å²) in [5.41, 5.74) is -2.06. The third-order valence-corrected chi connectivity index (χ3v) is 24.0. The number of rotatable bonds is 14. The number of fused-ring (bicyclic) bond motifs is 10. The van der Waals surface area contributed by atoms with Gasteiger partial charge in [0.25, 0.3) is 11.8 Å². The van der Waals surface area contributed by atoms with E-state index in [9.17, 15) is 52.7 Å². The summed E-state index contributed by atoms with van der Waals surface area (Å²) < 4.78 is 38.2. The van der Waals surface area contributed by atoms with Crippen molar-refractivity contribution in [2.24, 2.45) is 47.3 Å². The molecule has 4 saturated heterocycles. The van der Waals surface area contributed by atoms with E-state index in [1.807, 2.05) is 60.7 Å². The van der Waals surface area contributed by atoms with E-state index in [1.54, 1.807) is 80.6 Å². The molecule has 8 fully saturated rings. The van der Waals surface area contributed by atoms with Gasteiger partial charge in [0.15, 0.2) is 0 Å². The van der Waals surface area contributed by atoms with Crippen LogP contribution in [0.4, 0.5) is 4.79 Å². The highest BCUT2D eigenvalue weighted by Gasteiger charge is 2.65. The molecule has 27 heteroatoms. The average molecular weight is 1570 g/mol. The smallest absolute Gasteiger partial charge is 0.404 e.